The van der Waals surface area contributed by atoms with Crippen molar-refractivity contribution in [3.63, 3.8) is 0 Å². The molecule has 2 aromatic heterocycles. The second-order valence-electron chi connectivity index (χ2n) is 5.57. The van der Waals surface area contributed by atoms with Gasteiger partial charge in [-0.15, -0.1) is 0 Å². The van der Waals surface area contributed by atoms with Gasteiger partial charge in [0, 0.05) is 10.4 Å². The predicted molar refractivity (Wildman–Crippen MR) is 86.5 cm³/mol. The summed E-state index contributed by atoms with van der Waals surface area (Å²) in [5.74, 6) is 1.11. The number of halogens is 1. The van der Waals surface area contributed by atoms with E-state index in [1.54, 1.807) is 0 Å². The van der Waals surface area contributed by atoms with Crippen molar-refractivity contribution in [3.05, 3.63) is 34.4 Å². The van der Waals surface area contributed by atoms with E-state index in [0.717, 1.165) is 26.9 Å². The first-order valence-electron chi connectivity index (χ1n) is 7.23. The molecule has 3 aromatic rings. The maximum atomic E-state index is 6.09. The first-order chi connectivity index (χ1) is 10.3. The van der Waals surface area contributed by atoms with Gasteiger partial charge in [-0.25, -0.2) is 4.68 Å². The van der Waals surface area contributed by atoms with Crippen LogP contribution in [0.3, 0.4) is 0 Å². The second-order valence-corrected chi connectivity index (χ2v) is 6.42. The Morgan fingerprint density at radius 2 is 2.00 bits per heavy atom. The van der Waals surface area contributed by atoms with E-state index >= 15 is 0 Å². The molecule has 0 bridgehead atoms. The quantitative estimate of drug-likeness (QED) is 0.742. The van der Waals surface area contributed by atoms with E-state index < -0.39 is 0 Å². The van der Waals surface area contributed by atoms with Crippen LogP contribution in [0.1, 0.15) is 37.3 Å². The molecule has 1 aliphatic rings. The maximum absolute atomic E-state index is 6.09. The van der Waals surface area contributed by atoms with Crippen LogP contribution < -0.4 is 5.73 Å². The van der Waals surface area contributed by atoms with Gasteiger partial charge < -0.3 is 5.73 Å². The summed E-state index contributed by atoms with van der Waals surface area (Å²) >= 11 is 3.59. The SMILES string of the molecule is Nc1[nH]nc2c1c(C1CCCC1)nn2-c1ccccc1Br. The van der Waals surface area contributed by atoms with Gasteiger partial charge in [0.15, 0.2) is 5.65 Å². The third-order valence-corrected chi connectivity index (χ3v) is 4.93. The van der Waals surface area contributed by atoms with E-state index in [9.17, 15) is 0 Å². The van der Waals surface area contributed by atoms with Crippen LogP contribution in [0.5, 0.6) is 0 Å². The number of nitrogens with two attached hydrogens (primary N) is 1. The molecule has 21 heavy (non-hydrogen) atoms. The minimum Gasteiger partial charge on any atom is -0.383 e. The molecule has 0 amide bonds. The zero-order chi connectivity index (χ0) is 14.4. The van der Waals surface area contributed by atoms with Gasteiger partial charge in [-0.05, 0) is 40.9 Å². The standard InChI is InChI=1S/C15H16BrN5/c16-10-7-3-4-8-11(10)21-15-12(14(17)18-19-15)13(20-21)9-5-1-2-6-9/h3-4,7-9H,1-2,5-6H2,(H3,17,18,19). The Morgan fingerprint density at radius 3 is 2.76 bits per heavy atom. The van der Waals surface area contributed by atoms with Crippen molar-refractivity contribution < 1.29 is 0 Å². The molecular weight excluding hydrogens is 330 g/mol. The molecule has 5 nitrogen and oxygen atoms in total. The number of hydrogen-bond acceptors (Lipinski definition) is 3. The van der Waals surface area contributed by atoms with Crippen LogP contribution in [0.4, 0.5) is 5.82 Å². The highest BCUT2D eigenvalue weighted by atomic mass is 79.9. The number of fused-ring (bicyclic) bond motifs is 1. The lowest BCUT2D eigenvalue weighted by Crippen LogP contribution is -2.01. The minimum absolute atomic E-state index is 0.496. The van der Waals surface area contributed by atoms with Crippen LogP contribution in [0.15, 0.2) is 28.7 Å². The molecule has 108 valence electrons. The third kappa shape index (κ3) is 1.97. The fraction of sp³-hybridized carbons (Fsp3) is 0.333. The number of anilines is 1. The molecular formula is C15H16BrN5. The van der Waals surface area contributed by atoms with Gasteiger partial charge in [0.2, 0.25) is 0 Å². The Morgan fingerprint density at radius 1 is 1.24 bits per heavy atom. The van der Waals surface area contributed by atoms with Crippen molar-refractivity contribution in [3.8, 4) is 5.69 Å². The smallest absolute Gasteiger partial charge is 0.186 e. The third-order valence-electron chi connectivity index (χ3n) is 4.26. The van der Waals surface area contributed by atoms with Crippen LogP contribution in [-0.4, -0.2) is 20.0 Å². The van der Waals surface area contributed by atoms with Crippen LogP contribution in [0.25, 0.3) is 16.7 Å². The molecule has 1 saturated carbocycles. The van der Waals surface area contributed by atoms with E-state index in [1.807, 2.05) is 28.9 Å². The van der Waals surface area contributed by atoms with Crippen LogP contribution >= 0.6 is 15.9 Å². The molecule has 0 unspecified atom stereocenters. The highest BCUT2D eigenvalue weighted by molar-refractivity contribution is 9.10. The summed E-state index contributed by atoms with van der Waals surface area (Å²) in [6, 6.07) is 8.03. The number of rotatable bonds is 2. The van der Waals surface area contributed by atoms with E-state index in [1.165, 1.54) is 25.7 Å². The number of nitrogens with zero attached hydrogens (tertiary/aromatic N) is 3. The predicted octanol–water partition coefficient (Wildman–Crippen LogP) is 3.75. The van der Waals surface area contributed by atoms with E-state index in [0.29, 0.717) is 11.7 Å². The lowest BCUT2D eigenvalue weighted by Gasteiger charge is -2.06. The number of aromatic nitrogens is 4. The molecule has 0 saturated heterocycles. The number of aromatic amines is 1. The van der Waals surface area contributed by atoms with Crippen LogP contribution in [0.2, 0.25) is 0 Å². The van der Waals surface area contributed by atoms with Crippen molar-refractivity contribution >= 4 is 32.8 Å². The molecule has 3 N–H and O–H groups in total. The van der Waals surface area contributed by atoms with Gasteiger partial charge in [0.05, 0.1) is 16.8 Å². The Bertz CT molecular complexity index is 798. The Kier molecular flexibility index (Phi) is 2.99. The van der Waals surface area contributed by atoms with Crippen molar-refractivity contribution in [1.82, 2.24) is 20.0 Å². The molecule has 1 fully saturated rings. The Labute approximate surface area is 130 Å². The summed E-state index contributed by atoms with van der Waals surface area (Å²) in [4.78, 5) is 0. The molecule has 2 heterocycles. The van der Waals surface area contributed by atoms with Crippen molar-refractivity contribution in [1.29, 1.82) is 0 Å². The Hall–Kier alpha value is -1.82. The molecule has 0 aliphatic heterocycles. The lowest BCUT2D eigenvalue weighted by molar-refractivity contribution is 0.682. The highest BCUT2D eigenvalue weighted by Gasteiger charge is 2.26. The van der Waals surface area contributed by atoms with Gasteiger partial charge >= 0.3 is 0 Å². The molecule has 0 spiro atoms. The van der Waals surface area contributed by atoms with Crippen molar-refractivity contribution in [2.45, 2.75) is 31.6 Å². The monoisotopic (exact) mass is 345 g/mol. The van der Waals surface area contributed by atoms with Gasteiger partial charge in [-0.2, -0.15) is 10.2 Å². The highest BCUT2D eigenvalue weighted by Crippen LogP contribution is 2.39. The molecule has 0 radical (unpaired) electrons. The summed E-state index contributed by atoms with van der Waals surface area (Å²) < 4.78 is 2.88. The lowest BCUT2D eigenvalue weighted by atomic mass is 10.0. The number of para-hydroxylation sites is 1. The number of nitrogens with one attached hydrogen (secondary N) is 1. The van der Waals surface area contributed by atoms with Crippen molar-refractivity contribution in [2.75, 3.05) is 5.73 Å². The average molecular weight is 346 g/mol. The number of benzene rings is 1. The fourth-order valence-electron chi connectivity index (χ4n) is 3.23. The number of nitrogen functional groups attached to an aromatic ring is 1. The maximum Gasteiger partial charge on any atom is 0.186 e. The number of hydrogen-bond donors (Lipinski definition) is 2. The van der Waals surface area contributed by atoms with E-state index in [-0.39, 0.29) is 0 Å². The normalized spacial score (nSPS) is 16.0. The zero-order valence-corrected chi connectivity index (χ0v) is 13.1. The van der Waals surface area contributed by atoms with Crippen molar-refractivity contribution in [2.24, 2.45) is 0 Å². The fourth-order valence-corrected chi connectivity index (χ4v) is 3.69. The largest absolute Gasteiger partial charge is 0.383 e. The summed E-state index contributed by atoms with van der Waals surface area (Å²) in [5.41, 5.74) is 8.97. The topological polar surface area (TPSA) is 72.5 Å². The second kappa shape index (κ2) is 4.87. The van der Waals surface area contributed by atoms with Gasteiger partial charge in [0.1, 0.15) is 5.82 Å². The summed E-state index contributed by atoms with van der Waals surface area (Å²) in [6.45, 7) is 0. The summed E-state index contributed by atoms with van der Waals surface area (Å²) in [6.07, 6.45) is 4.91. The molecule has 4 rings (SSSR count). The van der Waals surface area contributed by atoms with Gasteiger partial charge in [-0.3, -0.25) is 5.10 Å². The van der Waals surface area contributed by atoms with E-state index in [4.69, 9.17) is 10.8 Å². The van der Waals surface area contributed by atoms with Gasteiger partial charge in [0.25, 0.3) is 0 Å². The Balaban J connectivity index is 1.96. The van der Waals surface area contributed by atoms with E-state index in [2.05, 4.69) is 26.1 Å². The number of H-pyrrole nitrogens is 1. The average Bonchev–Trinajstić information content (AvgIpc) is 3.18. The molecule has 6 heteroatoms. The molecule has 0 atom stereocenters. The first-order valence-corrected chi connectivity index (χ1v) is 8.02. The van der Waals surface area contributed by atoms with Crippen LogP contribution in [0, 0.1) is 0 Å². The first kappa shape index (κ1) is 12.9. The molecule has 1 aromatic carbocycles. The van der Waals surface area contributed by atoms with Crippen LogP contribution in [-0.2, 0) is 0 Å². The zero-order valence-electron chi connectivity index (χ0n) is 11.5. The van der Waals surface area contributed by atoms with Gasteiger partial charge in [-0.1, -0.05) is 25.0 Å². The minimum atomic E-state index is 0.496. The molecule has 1 aliphatic carbocycles. The summed E-state index contributed by atoms with van der Waals surface area (Å²) in [5, 5.41) is 13.1. The summed E-state index contributed by atoms with van der Waals surface area (Å²) in [7, 11) is 0.